The highest BCUT2D eigenvalue weighted by atomic mass is 19.4. The van der Waals surface area contributed by atoms with Gasteiger partial charge >= 0.3 is 24.7 Å². The second-order valence-electron chi connectivity index (χ2n) is 6.93. The molecule has 2 aromatic carbocycles. The van der Waals surface area contributed by atoms with Crippen molar-refractivity contribution in [2.24, 2.45) is 0 Å². The quantitative estimate of drug-likeness (QED) is 0.371. The average molecular weight is 498 g/mol. The molecule has 0 radical (unpaired) electrons. The Kier molecular flexibility index (Phi) is 8.89. The molecule has 0 amide bonds. The zero-order valence-corrected chi connectivity index (χ0v) is 17.1. The number of rotatable bonds is 3. The summed E-state index contributed by atoms with van der Waals surface area (Å²) in [6.07, 6.45) is -18.2. The third-order valence-electron chi connectivity index (χ3n) is 4.24. The molecule has 0 aliphatic rings. The number of hydrogen-bond donors (Lipinski definition) is 0. The second-order valence-corrected chi connectivity index (χ2v) is 6.93. The van der Waals surface area contributed by atoms with Gasteiger partial charge in [-0.25, -0.2) is 0 Å². The van der Waals surface area contributed by atoms with E-state index >= 15 is 0 Å². The molecule has 0 spiro atoms. The molecule has 0 heterocycles. The van der Waals surface area contributed by atoms with Gasteiger partial charge in [-0.05, 0) is 60.4 Å². The van der Waals surface area contributed by atoms with E-state index in [9.17, 15) is 52.7 Å². The van der Waals surface area contributed by atoms with Gasteiger partial charge in [0.05, 0.1) is 22.3 Å². The first kappa shape index (κ1) is 28.6. The molecular weight excluding hydrogens is 480 g/mol. The lowest BCUT2D eigenvalue weighted by Crippen LogP contribution is -2.11. The molecular formula is C21H18F12. The Morgan fingerprint density at radius 2 is 0.727 bits per heavy atom. The molecule has 0 atom stereocenters. The fourth-order valence-electron chi connectivity index (χ4n) is 2.68. The van der Waals surface area contributed by atoms with Crippen molar-refractivity contribution in [1.29, 1.82) is 0 Å². The molecule has 0 nitrogen and oxygen atoms in total. The molecule has 12 heteroatoms. The van der Waals surface area contributed by atoms with Crippen LogP contribution in [0.25, 0.3) is 0 Å². The fourth-order valence-corrected chi connectivity index (χ4v) is 2.68. The van der Waals surface area contributed by atoms with Crippen LogP contribution in [0.5, 0.6) is 0 Å². The van der Waals surface area contributed by atoms with Gasteiger partial charge in [-0.1, -0.05) is 20.3 Å². The van der Waals surface area contributed by atoms with Crippen LogP contribution < -0.4 is 0 Å². The number of hydrogen-bond acceptors (Lipinski definition) is 0. The van der Waals surface area contributed by atoms with Crippen LogP contribution in [0.2, 0.25) is 0 Å². The van der Waals surface area contributed by atoms with Crippen LogP contribution in [0.3, 0.4) is 0 Å². The highest BCUT2D eigenvalue weighted by Gasteiger charge is 2.37. The highest BCUT2D eigenvalue weighted by molar-refractivity contribution is 5.34. The number of aryl methyl sites for hydroxylation is 2. The zero-order valence-electron chi connectivity index (χ0n) is 17.1. The van der Waals surface area contributed by atoms with Crippen molar-refractivity contribution >= 4 is 0 Å². The van der Waals surface area contributed by atoms with Gasteiger partial charge in [0, 0.05) is 0 Å². The summed E-state index contributed by atoms with van der Waals surface area (Å²) in [6, 6.07) is 3.25. The Labute approximate surface area is 181 Å². The van der Waals surface area contributed by atoms with Crippen LogP contribution in [-0.2, 0) is 37.5 Å². The van der Waals surface area contributed by atoms with Crippen molar-refractivity contribution in [3.63, 3.8) is 0 Å². The predicted octanol–water partition coefficient (Wildman–Crippen LogP) is 8.96. The van der Waals surface area contributed by atoms with Crippen molar-refractivity contribution in [3.05, 3.63) is 69.8 Å². The minimum atomic E-state index is -4.76. The molecule has 0 aromatic heterocycles. The van der Waals surface area contributed by atoms with E-state index < -0.39 is 47.0 Å². The van der Waals surface area contributed by atoms with E-state index in [0.717, 1.165) is 24.3 Å². The van der Waals surface area contributed by atoms with Gasteiger partial charge in [0.25, 0.3) is 0 Å². The Bertz CT molecular complexity index is 850. The predicted molar refractivity (Wildman–Crippen MR) is 96.3 cm³/mol. The van der Waals surface area contributed by atoms with E-state index in [-0.39, 0.29) is 36.1 Å². The summed E-state index contributed by atoms with van der Waals surface area (Å²) in [6.45, 7) is 3.18. The maximum atomic E-state index is 12.4. The van der Waals surface area contributed by atoms with Gasteiger partial charge in [0.15, 0.2) is 0 Å². The summed E-state index contributed by atoms with van der Waals surface area (Å²) in [7, 11) is 0. The maximum absolute atomic E-state index is 12.4. The zero-order chi connectivity index (χ0) is 25.8. The Morgan fingerprint density at radius 3 is 0.939 bits per heavy atom. The van der Waals surface area contributed by atoms with Crippen molar-refractivity contribution < 1.29 is 52.7 Å². The first-order valence-corrected chi connectivity index (χ1v) is 9.35. The lowest BCUT2D eigenvalue weighted by atomic mass is 10.0. The lowest BCUT2D eigenvalue weighted by Gasteiger charge is -2.13. The van der Waals surface area contributed by atoms with E-state index in [4.69, 9.17) is 0 Å². The summed E-state index contributed by atoms with van der Waals surface area (Å²) in [5.74, 6) is 0. The lowest BCUT2D eigenvalue weighted by molar-refractivity contribution is -0.144. The Hall–Kier alpha value is -2.40. The molecule has 0 N–H and O–H groups in total. The smallest absolute Gasteiger partial charge is 0.166 e. The SMILES string of the molecule is CCCc1cc(C(F)(F)F)cc(C(F)(F)F)c1.CCc1cc(C(F)(F)F)cc(C(F)(F)F)c1. The van der Waals surface area contributed by atoms with Crippen molar-refractivity contribution in [2.75, 3.05) is 0 Å². The number of benzene rings is 2. The van der Waals surface area contributed by atoms with Gasteiger partial charge in [-0.3, -0.25) is 0 Å². The maximum Gasteiger partial charge on any atom is 0.416 e. The monoisotopic (exact) mass is 498 g/mol. The summed E-state index contributed by atoms with van der Waals surface area (Å²) < 4.78 is 148. The standard InChI is InChI=1S/C11H10F6.C10H8F6/c1-2-3-7-4-8(10(12,13)14)6-9(5-7)11(15,16)17;1-2-6-3-7(9(11,12)13)5-8(4-6)10(14,15)16/h4-6H,2-3H2,1H3;3-5H,2H2,1H3. The second kappa shape index (κ2) is 10.3. The minimum Gasteiger partial charge on any atom is -0.166 e. The van der Waals surface area contributed by atoms with Gasteiger partial charge in [0.2, 0.25) is 0 Å². The third kappa shape index (κ3) is 8.81. The van der Waals surface area contributed by atoms with Crippen LogP contribution in [0.15, 0.2) is 36.4 Å². The van der Waals surface area contributed by atoms with E-state index in [1.54, 1.807) is 6.92 Å². The topological polar surface area (TPSA) is 0 Å². The number of halogens is 12. The van der Waals surface area contributed by atoms with Crippen molar-refractivity contribution in [1.82, 2.24) is 0 Å². The average Bonchev–Trinajstić information content (AvgIpc) is 2.65. The normalized spacial score (nSPS) is 12.9. The van der Waals surface area contributed by atoms with Gasteiger partial charge < -0.3 is 0 Å². The molecule has 0 fully saturated rings. The van der Waals surface area contributed by atoms with E-state index in [1.165, 1.54) is 6.92 Å². The van der Waals surface area contributed by atoms with Crippen molar-refractivity contribution in [3.8, 4) is 0 Å². The molecule has 0 aliphatic carbocycles. The third-order valence-corrected chi connectivity index (χ3v) is 4.24. The van der Waals surface area contributed by atoms with Crippen molar-refractivity contribution in [2.45, 2.75) is 57.8 Å². The summed E-state index contributed by atoms with van der Waals surface area (Å²) in [4.78, 5) is 0. The van der Waals surface area contributed by atoms with Crippen LogP contribution in [0.1, 0.15) is 53.6 Å². The van der Waals surface area contributed by atoms with Crippen LogP contribution in [-0.4, -0.2) is 0 Å². The molecule has 2 aromatic rings. The highest BCUT2D eigenvalue weighted by Crippen LogP contribution is 2.37. The molecule has 0 saturated heterocycles. The first-order valence-electron chi connectivity index (χ1n) is 9.35. The molecule has 0 bridgehead atoms. The largest absolute Gasteiger partial charge is 0.416 e. The first-order chi connectivity index (χ1) is 14.8. The summed E-state index contributed by atoms with van der Waals surface area (Å²) >= 11 is 0. The molecule has 0 aliphatic heterocycles. The van der Waals surface area contributed by atoms with Crippen LogP contribution in [0.4, 0.5) is 52.7 Å². The molecule has 0 saturated carbocycles. The number of alkyl halides is 12. The van der Waals surface area contributed by atoms with E-state index in [1.807, 2.05) is 0 Å². The summed E-state index contributed by atoms with van der Waals surface area (Å²) in [5.41, 5.74) is -4.97. The molecule has 186 valence electrons. The fraction of sp³-hybridized carbons (Fsp3) is 0.429. The Balaban J connectivity index is 0.000000331. The van der Waals surface area contributed by atoms with E-state index in [0.29, 0.717) is 6.42 Å². The van der Waals surface area contributed by atoms with Crippen LogP contribution >= 0.6 is 0 Å². The Morgan fingerprint density at radius 1 is 0.455 bits per heavy atom. The molecule has 0 unspecified atom stereocenters. The summed E-state index contributed by atoms with van der Waals surface area (Å²) in [5, 5.41) is 0. The van der Waals surface area contributed by atoms with Gasteiger partial charge in [-0.15, -0.1) is 0 Å². The molecule has 33 heavy (non-hydrogen) atoms. The molecule has 2 rings (SSSR count). The minimum absolute atomic E-state index is 0.0159. The van der Waals surface area contributed by atoms with Crippen LogP contribution in [0, 0.1) is 0 Å². The van der Waals surface area contributed by atoms with E-state index in [2.05, 4.69) is 0 Å². The van der Waals surface area contributed by atoms with Gasteiger partial charge in [0.1, 0.15) is 0 Å². The van der Waals surface area contributed by atoms with Gasteiger partial charge in [-0.2, -0.15) is 52.7 Å².